The zero-order valence-corrected chi connectivity index (χ0v) is 7.76. The van der Waals surface area contributed by atoms with Gasteiger partial charge in [-0.15, -0.1) is 0 Å². The Hall–Kier alpha value is -0.990. The molecule has 0 atom stereocenters. The van der Waals surface area contributed by atoms with Crippen LogP contribution in [0.2, 0.25) is 0 Å². The molecule has 0 aromatic heterocycles. The van der Waals surface area contributed by atoms with Crippen LogP contribution < -0.4 is 5.32 Å². The molecule has 3 heteroatoms. The smallest absolute Gasteiger partial charge is 0.408 e. The molecule has 0 aromatic rings. The number of carboxylic acid groups (broad SMARTS) is 1. The van der Waals surface area contributed by atoms with Gasteiger partial charge in [-0.25, -0.2) is 4.79 Å². The Kier molecular flexibility index (Phi) is 6.15. The van der Waals surface area contributed by atoms with Crippen LogP contribution in [0.1, 0.15) is 39.5 Å². The molecule has 0 spiro atoms. The first-order chi connectivity index (χ1) is 5.70. The van der Waals surface area contributed by atoms with E-state index in [1.54, 1.807) is 0 Å². The van der Waals surface area contributed by atoms with E-state index in [2.05, 4.69) is 12.2 Å². The molecule has 12 heavy (non-hydrogen) atoms. The van der Waals surface area contributed by atoms with Gasteiger partial charge in [0.15, 0.2) is 0 Å². The van der Waals surface area contributed by atoms with Crippen LogP contribution in [0.4, 0.5) is 4.79 Å². The van der Waals surface area contributed by atoms with Gasteiger partial charge < -0.3 is 5.11 Å². The van der Waals surface area contributed by atoms with Crippen LogP contribution in [-0.4, -0.2) is 11.2 Å². The minimum absolute atomic E-state index is 0.802. The minimum atomic E-state index is -0.973. The van der Waals surface area contributed by atoms with E-state index in [1.165, 1.54) is 0 Å². The van der Waals surface area contributed by atoms with E-state index in [0.717, 1.165) is 31.4 Å². The predicted octanol–water partition coefficient (Wildman–Crippen LogP) is 2.74. The van der Waals surface area contributed by atoms with Crippen molar-refractivity contribution in [3.05, 3.63) is 11.8 Å². The third-order valence-corrected chi connectivity index (χ3v) is 1.67. The molecular weight excluding hydrogens is 154 g/mol. The van der Waals surface area contributed by atoms with Crippen LogP contribution in [-0.2, 0) is 0 Å². The number of rotatable bonds is 5. The molecule has 70 valence electrons. The van der Waals surface area contributed by atoms with Crippen LogP contribution in [0.5, 0.6) is 0 Å². The van der Waals surface area contributed by atoms with Gasteiger partial charge >= 0.3 is 6.09 Å². The lowest BCUT2D eigenvalue weighted by atomic mass is 10.1. The van der Waals surface area contributed by atoms with Gasteiger partial charge in [-0.2, -0.15) is 0 Å². The molecule has 0 unspecified atom stereocenters. The number of nitrogens with one attached hydrogen (secondary N) is 1. The summed E-state index contributed by atoms with van der Waals surface area (Å²) in [5.74, 6) is 0. The van der Waals surface area contributed by atoms with Crippen molar-refractivity contribution >= 4 is 6.09 Å². The molecule has 0 radical (unpaired) electrons. The lowest BCUT2D eigenvalue weighted by Crippen LogP contribution is -2.19. The zero-order chi connectivity index (χ0) is 9.40. The maximum atomic E-state index is 10.2. The maximum absolute atomic E-state index is 10.2. The lowest BCUT2D eigenvalue weighted by Gasteiger charge is -2.04. The van der Waals surface area contributed by atoms with Gasteiger partial charge in [0.25, 0.3) is 0 Å². The highest BCUT2D eigenvalue weighted by molar-refractivity contribution is 5.66. The average Bonchev–Trinajstić information content (AvgIpc) is 2.02. The lowest BCUT2D eigenvalue weighted by molar-refractivity contribution is 0.197. The molecule has 0 bridgehead atoms. The van der Waals surface area contributed by atoms with Gasteiger partial charge in [0.1, 0.15) is 0 Å². The molecule has 0 rings (SSSR count). The maximum Gasteiger partial charge on any atom is 0.408 e. The zero-order valence-electron chi connectivity index (χ0n) is 7.76. The van der Waals surface area contributed by atoms with E-state index >= 15 is 0 Å². The Balaban J connectivity index is 3.62. The highest BCUT2D eigenvalue weighted by Gasteiger charge is 1.99. The molecule has 0 aromatic carbocycles. The minimum Gasteiger partial charge on any atom is -0.465 e. The molecule has 0 fully saturated rings. The summed E-state index contributed by atoms with van der Waals surface area (Å²) in [7, 11) is 0. The van der Waals surface area contributed by atoms with E-state index in [-0.39, 0.29) is 0 Å². The summed E-state index contributed by atoms with van der Waals surface area (Å²) in [4.78, 5) is 10.2. The normalized spacial score (nSPS) is 11.3. The molecular formula is C9H17NO2. The summed E-state index contributed by atoms with van der Waals surface area (Å²) >= 11 is 0. The van der Waals surface area contributed by atoms with Gasteiger partial charge in [0.05, 0.1) is 0 Å². The molecule has 0 aliphatic carbocycles. The summed E-state index contributed by atoms with van der Waals surface area (Å²) in [6, 6.07) is 0. The van der Waals surface area contributed by atoms with Crippen molar-refractivity contribution in [1.29, 1.82) is 0 Å². The number of amides is 1. The van der Waals surface area contributed by atoms with Gasteiger partial charge in [-0.05, 0) is 19.8 Å². The molecule has 0 saturated carbocycles. The van der Waals surface area contributed by atoms with Crippen molar-refractivity contribution in [3.8, 4) is 0 Å². The molecule has 3 nitrogen and oxygen atoms in total. The fourth-order valence-electron chi connectivity index (χ4n) is 0.982. The third kappa shape index (κ3) is 5.77. The number of hydrogen-bond donors (Lipinski definition) is 2. The quantitative estimate of drug-likeness (QED) is 0.625. The number of allylic oxidation sites excluding steroid dienone is 2. The van der Waals surface area contributed by atoms with Crippen LogP contribution >= 0.6 is 0 Å². The second-order valence-corrected chi connectivity index (χ2v) is 2.70. The largest absolute Gasteiger partial charge is 0.465 e. The number of unbranched alkanes of at least 4 members (excludes halogenated alkanes) is 2. The van der Waals surface area contributed by atoms with Crippen molar-refractivity contribution in [3.63, 3.8) is 0 Å². The first kappa shape index (κ1) is 11.0. The van der Waals surface area contributed by atoms with E-state index in [0.29, 0.717) is 0 Å². The Bertz CT molecular complexity index is 164. The Morgan fingerprint density at radius 3 is 2.58 bits per heavy atom. The van der Waals surface area contributed by atoms with Gasteiger partial charge in [-0.3, -0.25) is 5.32 Å². The van der Waals surface area contributed by atoms with E-state index in [4.69, 9.17) is 5.11 Å². The molecule has 0 aliphatic heterocycles. The van der Waals surface area contributed by atoms with E-state index in [1.807, 2.05) is 13.0 Å². The molecule has 2 N–H and O–H groups in total. The Morgan fingerprint density at radius 2 is 2.17 bits per heavy atom. The highest BCUT2D eigenvalue weighted by atomic mass is 16.4. The van der Waals surface area contributed by atoms with Crippen LogP contribution in [0.25, 0.3) is 0 Å². The van der Waals surface area contributed by atoms with Crippen molar-refractivity contribution in [1.82, 2.24) is 5.32 Å². The molecule has 0 heterocycles. The van der Waals surface area contributed by atoms with Crippen molar-refractivity contribution in [2.75, 3.05) is 0 Å². The second-order valence-electron chi connectivity index (χ2n) is 2.70. The van der Waals surface area contributed by atoms with Gasteiger partial charge in [0.2, 0.25) is 0 Å². The molecule has 0 aliphatic rings. The molecule has 1 amide bonds. The summed E-state index contributed by atoms with van der Waals surface area (Å²) < 4.78 is 0. The topological polar surface area (TPSA) is 49.3 Å². The fraction of sp³-hybridized carbons (Fsp3) is 0.667. The first-order valence-electron chi connectivity index (χ1n) is 4.35. The van der Waals surface area contributed by atoms with Crippen LogP contribution in [0, 0.1) is 0 Å². The third-order valence-electron chi connectivity index (χ3n) is 1.67. The first-order valence-corrected chi connectivity index (χ1v) is 4.35. The number of hydrogen-bond acceptors (Lipinski definition) is 1. The van der Waals surface area contributed by atoms with Crippen molar-refractivity contribution in [2.45, 2.75) is 39.5 Å². The monoisotopic (exact) mass is 171 g/mol. The van der Waals surface area contributed by atoms with Crippen LogP contribution in [0.15, 0.2) is 11.8 Å². The van der Waals surface area contributed by atoms with Gasteiger partial charge in [-0.1, -0.05) is 25.8 Å². The van der Waals surface area contributed by atoms with Crippen LogP contribution in [0.3, 0.4) is 0 Å². The number of carbonyl (C=O) groups is 1. The summed E-state index contributed by atoms with van der Waals surface area (Å²) in [5, 5.41) is 10.8. The summed E-state index contributed by atoms with van der Waals surface area (Å²) in [5.41, 5.74) is 0.802. The van der Waals surface area contributed by atoms with Crippen molar-refractivity contribution < 1.29 is 9.90 Å². The summed E-state index contributed by atoms with van der Waals surface area (Å²) in [6.07, 6.45) is 5.03. The van der Waals surface area contributed by atoms with Gasteiger partial charge in [0, 0.05) is 5.70 Å². The molecule has 0 saturated heterocycles. The fourth-order valence-corrected chi connectivity index (χ4v) is 0.982. The van der Waals surface area contributed by atoms with E-state index < -0.39 is 6.09 Å². The highest BCUT2D eigenvalue weighted by Crippen LogP contribution is 2.05. The second kappa shape index (κ2) is 6.70. The van der Waals surface area contributed by atoms with Crippen molar-refractivity contribution in [2.24, 2.45) is 0 Å². The summed E-state index contributed by atoms with van der Waals surface area (Å²) in [6.45, 7) is 3.97. The average molecular weight is 171 g/mol. The standard InChI is InChI=1S/C9H17NO2/c1-3-5-6-7-8(4-2)10-9(11)12/h4,10H,3,5-7H2,1-2H3,(H,11,12). The predicted molar refractivity (Wildman–Crippen MR) is 49.1 cm³/mol. The Morgan fingerprint density at radius 1 is 1.50 bits per heavy atom. The Labute approximate surface area is 73.5 Å². The SMILES string of the molecule is CC=C(CCCCC)NC(=O)O. The van der Waals surface area contributed by atoms with E-state index in [9.17, 15) is 4.79 Å².